The normalized spacial score (nSPS) is 23.1. The van der Waals surface area contributed by atoms with Gasteiger partial charge >= 0.3 is 10.2 Å². The molecule has 0 heterocycles. The fraction of sp³-hybridized carbons (Fsp3) is 0.538. The van der Waals surface area contributed by atoms with E-state index in [1.54, 1.807) is 0 Å². The molecule has 1 aromatic rings. The van der Waals surface area contributed by atoms with Crippen molar-refractivity contribution in [3.05, 3.63) is 24.3 Å². The molecule has 7 nitrogen and oxygen atoms in total. The second-order valence-electron chi connectivity index (χ2n) is 5.85. The summed E-state index contributed by atoms with van der Waals surface area (Å²) >= 11 is 0. The molecule has 1 aliphatic carbocycles. The van der Waals surface area contributed by atoms with Gasteiger partial charge in [0.2, 0.25) is 10.0 Å². The Bertz CT molecular complexity index is 907. The van der Waals surface area contributed by atoms with Crippen LogP contribution in [-0.2, 0) is 30.1 Å². The predicted octanol–water partition coefficient (Wildman–Crippen LogP) is 0.979. The average molecular weight is 399 g/mol. The second-order valence-corrected chi connectivity index (χ2v) is 11.2. The van der Waals surface area contributed by atoms with Gasteiger partial charge in [-0.3, -0.25) is 0 Å². The van der Waals surface area contributed by atoms with E-state index in [2.05, 4.69) is 4.72 Å². The molecule has 11 heteroatoms. The molecule has 0 spiro atoms. The van der Waals surface area contributed by atoms with E-state index < -0.39 is 46.3 Å². The summed E-state index contributed by atoms with van der Waals surface area (Å²) in [6.45, 7) is 0. The fourth-order valence-corrected chi connectivity index (χ4v) is 5.63. The minimum absolute atomic E-state index is 0.189. The first-order chi connectivity index (χ1) is 10.9. The van der Waals surface area contributed by atoms with Crippen LogP contribution in [-0.4, -0.2) is 42.8 Å². The number of hydrogen-bond donors (Lipinski definition) is 1. The van der Waals surface area contributed by atoms with Gasteiger partial charge in [-0.2, -0.15) is 8.42 Å². The van der Waals surface area contributed by atoms with Gasteiger partial charge < -0.3 is 0 Å². The number of sulfonamides is 1. The van der Waals surface area contributed by atoms with Gasteiger partial charge in [-0.05, 0) is 43.5 Å². The highest BCUT2D eigenvalue weighted by Gasteiger charge is 2.31. The van der Waals surface area contributed by atoms with Gasteiger partial charge in [0.1, 0.15) is 9.84 Å². The number of hydrogen-bond acceptors (Lipinski definition) is 6. The molecule has 2 unspecified atom stereocenters. The number of halogens is 1. The monoisotopic (exact) mass is 399 g/mol. The lowest BCUT2D eigenvalue weighted by molar-refractivity contribution is 0.408. The lowest BCUT2D eigenvalue weighted by atomic mass is 9.96. The van der Waals surface area contributed by atoms with Crippen molar-refractivity contribution in [1.29, 1.82) is 0 Å². The number of rotatable bonds is 5. The van der Waals surface area contributed by atoms with Crippen molar-refractivity contribution in [2.45, 2.75) is 46.8 Å². The first kappa shape index (κ1) is 19.3. The molecule has 2 rings (SSSR count). The van der Waals surface area contributed by atoms with Crippen molar-refractivity contribution in [2.75, 3.05) is 6.26 Å². The van der Waals surface area contributed by atoms with Crippen molar-refractivity contribution in [1.82, 2.24) is 4.72 Å². The summed E-state index contributed by atoms with van der Waals surface area (Å²) < 4.78 is 84.7. The molecule has 2 atom stereocenters. The summed E-state index contributed by atoms with van der Waals surface area (Å²) in [7, 11) is -12.1. The third-order valence-electron chi connectivity index (χ3n) is 3.97. The van der Waals surface area contributed by atoms with Gasteiger partial charge in [0.25, 0.3) is 0 Å². The van der Waals surface area contributed by atoms with Crippen molar-refractivity contribution in [2.24, 2.45) is 0 Å². The van der Waals surface area contributed by atoms with Crippen LogP contribution in [0.25, 0.3) is 0 Å². The topological polar surface area (TPSA) is 114 Å². The molecule has 0 saturated heterocycles. The molecular formula is C13H18FNO6S3. The van der Waals surface area contributed by atoms with Crippen LogP contribution in [0, 0.1) is 0 Å². The smallest absolute Gasteiger partial charge is 0.229 e. The van der Waals surface area contributed by atoms with Gasteiger partial charge in [0.15, 0.2) is 0 Å². The van der Waals surface area contributed by atoms with Crippen molar-refractivity contribution >= 4 is 30.1 Å². The van der Waals surface area contributed by atoms with E-state index in [9.17, 15) is 29.1 Å². The van der Waals surface area contributed by atoms with Crippen LogP contribution < -0.4 is 4.72 Å². The SMILES string of the molecule is CS(=O)(=O)C1CCCC(NS(=O)(=O)c2ccc(S(=O)(=O)F)cc2)C1. The molecule has 24 heavy (non-hydrogen) atoms. The minimum atomic E-state index is -4.90. The predicted molar refractivity (Wildman–Crippen MR) is 85.9 cm³/mol. The molecule has 0 aromatic heterocycles. The van der Waals surface area contributed by atoms with E-state index in [1.807, 2.05) is 0 Å². The maximum Gasteiger partial charge on any atom is 0.332 e. The van der Waals surface area contributed by atoms with Crippen LogP contribution in [0.4, 0.5) is 3.89 Å². The molecule has 136 valence electrons. The Labute approximate surface area is 141 Å². The third kappa shape index (κ3) is 4.74. The summed E-state index contributed by atoms with van der Waals surface area (Å²) in [6, 6.07) is 3.19. The Morgan fingerprint density at radius 3 is 2.00 bits per heavy atom. The Hall–Kier alpha value is -1.04. The van der Waals surface area contributed by atoms with E-state index >= 15 is 0 Å². The van der Waals surface area contributed by atoms with E-state index in [-0.39, 0.29) is 11.3 Å². The Kier molecular flexibility index (Phi) is 5.38. The zero-order valence-electron chi connectivity index (χ0n) is 12.8. The van der Waals surface area contributed by atoms with Crippen LogP contribution in [0.2, 0.25) is 0 Å². The number of benzene rings is 1. The van der Waals surface area contributed by atoms with Crippen LogP contribution in [0.5, 0.6) is 0 Å². The van der Waals surface area contributed by atoms with E-state index in [1.165, 1.54) is 0 Å². The molecule has 1 aromatic carbocycles. The first-order valence-electron chi connectivity index (χ1n) is 7.15. The summed E-state index contributed by atoms with van der Waals surface area (Å²) in [4.78, 5) is -0.840. The summed E-state index contributed by atoms with van der Waals surface area (Å²) in [5.74, 6) is 0. The molecule has 1 saturated carbocycles. The van der Waals surface area contributed by atoms with Gasteiger partial charge in [-0.15, -0.1) is 3.89 Å². The molecule has 0 amide bonds. The van der Waals surface area contributed by atoms with E-state index in [0.717, 1.165) is 30.5 Å². The summed E-state index contributed by atoms with van der Waals surface area (Å²) in [5, 5.41) is -0.585. The fourth-order valence-electron chi connectivity index (χ4n) is 2.71. The van der Waals surface area contributed by atoms with Gasteiger partial charge in [-0.1, -0.05) is 6.42 Å². The third-order valence-corrected chi connectivity index (χ3v) is 7.98. The van der Waals surface area contributed by atoms with E-state index in [0.29, 0.717) is 19.3 Å². The van der Waals surface area contributed by atoms with Crippen LogP contribution in [0.15, 0.2) is 34.1 Å². The lowest BCUT2D eigenvalue weighted by Gasteiger charge is -2.28. The number of sulfone groups is 1. The zero-order valence-corrected chi connectivity index (χ0v) is 15.3. The molecule has 1 aliphatic rings. The Balaban J connectivity index is 2.16. The van der Waals surface area contributed by atoms with Gasteiger partial charge in [-0.25, -0.2) is 21.6 Å². The molecule has 0 radical (unpaired) electrons. The van der Waals surface area contributed by atoms with Crippen LogP contribution in [0.1, 0.15) is 25.7 Å². The first-order valence-corrected chi connectivity index (χ1v) is 12.0. The molecule has 1 fully saturated rings. The van der Waals surface area contributed by atoms with Crippen LogP contribution in [0.3, 0.4) is 0 Å². The quantitative estimate of drug-likeness (QED) is 0.738. The summed E-state index contributed by atoms with van der Waals surface area (Å²) in [5.41, 5.74) is 0. The minimum Gasteiger partial charge on any atom is -0.229 e. The highest BCUT2D eigenvalue weighted by molar-refractivity contribution is 7.91. The Morgan fingerprint density at radius 1 is 0.958 bits per heavy atom. The largest absolute Gasteiger partial charge is 0.332 e. The zero-order chi connectivity index (χ0) is 18.2. The van der Waals surface area contributed by atoms with Gasteiger partial charge in [0.05, 0.1) is 15.0 Å². The second kappa shape index (κ2) is 6.70. The molecule has 1 N–H and O–H groups in total. The highest BCUT2D eigenvalue weighted by Crippen LogP contribution is 2.25. The summed E-state index contributed by atoms with van der Waals surface area (Å²) in [6.07, 6.45) is 2.92. The highest BCUT2D eigenvalue weighted by atomic mass is 32.3. The van der Waals surface area contributed by atoms with Crippen molar-refractivity contribution in [3.63, 3.8) is 0 Å². The maximum atomic E-state index is 12.8. The van der Waals surface area contributed by atoms with Gasteiger partial charge in [0, 0.05) is 12.3 Å². The maximum absolute atomic E-state index is 12.8. The molecule has 0 aliphatic heterocycles. The Morgan fingerprint density at radius 2 is 1.50 bits per heavy atom. The lowest BCUT2D eigenvalue weighted by Crippen LogP contribution is -2.41. The average Bonchev–Trinajstić information content (AvgIpc) is 2.45. The molecular weight excluding hydrogens is 381 g/mol. The van der Waals surface area contributed by atoms with Crippen molar-refractivity contribution in [3.8, 4) is 0 Å². The van der Waals surface area contributed by atoms with Crippen LogP contribution >= 0.6 is 0 Å². The van der Waals surface area contributed by atoms with Crippen molar-refractivity contribution < 1.29 is 29.1 Å². The standard InChI is InChI=1S/C13H18FNO6S3/c1-22(16,17)13-4-2-3-10(9-13)15-24(20,21)12-7-5-11(6-8-12)23(14,18)19/h5-8,10,13,15H,2-4,9H2,1H3. The molecule has 0 bridgehead atoms. The van der Waals surface area contributed by atoms with E-state index in [4.69, 9.17) is 0 Å². The number of nitrogens with one attached hydrogen (secondary N) is 1.